The van der Waals surface area contributed by atoms with Crippen LogP contribution in [0.2, 0.25) is 0 Å². The molecular weight excluding hydrogens is 186 g/mol. The summed E-state index contributed by atoms with van der Waals surface area (Å²) in [6, 6.07) is 0.469. The molecule has 1 unspecified atom stereocenters. The van der Waals surface area contributed by atoms with E-state index in [1.54, 1.807) is 6.92 Å². The van der Waals surface area contributed by atoms with Gasteiger partial charge in [-0.3, -0.25) is 4.79 Å². The van der Waals surface area contributed by atoms with Crippen molar-refractivity contribution in [2.45, 2.75) is 54.5 Å². The summed E-state index contributed by atoms with van der Waals surface area (Å²) in [5.74, 6) is 0.260. The SMILES string of the molecule is CC(=O)C(C)(C)CN(C)C(C)C(C)(C)C. The van der Waals surface area contributed by atoms with Crippen LogP contribution < -0.4 is 0 Å². The number of rotatable bonds is 4. The van der Waals surface area contributed by atoms with Gasteiger partial charge in [0.1, 0.15) is 5.78 Å². The van der Waals surface area contributed by atoms with Gasteiger partial charge in [0.05, 0.1) is 0 Å². The topological polar surface area (TPSA) is 20.3 Å². The summed E-state index contributed by atoms with van der Waals surface area (Å²) in [5.41, 5.74) is 0.00980. The molecule has 0 radical (unpaired) electrons. The smallest absolute Gasteiger partial charge is 0.136 e. The number of hydrogen-bond acceptors (Lipinski definition) is 2. The van der Waals surface area contributed by atoms with Crippen molar-refractivity contribution in [3.63, 3.8) is 0 Å². The van der Waals surface area contributed by atoms with E-state index in [9.17, 15) is 4.79 Å². The molecule has 0 aliphatic heterocycles. The standard InChI is InChI=1S/C13H27NO/c1-10(12(3,4)5)14(8)9-13(6,7)11(2)15/h10H,9H2,1-8H3. The minimum Gasteiger partial charge on any atom is -0.302 e. The Morgan fingerprint density at radius 1 is 1.20 bits per heavy atom. The molecule has 90 valence electrons. The molecule has 0 fully saturated rings. The fourth-order valence-corrected chi connectivity index (χ4v) is 1.53. The number of nitrogens with zero attached hydrogens (tertiary/aromatic N) is 1. The molecule has 0 aromatic heterocycles. The van der Waals surface area contributed by atoms with Crippen molar-refractivity contribution in [3.8, 4) is 0 Å². The van der Waals surface area contributed by atoms with Gasteiger partial charge in [0, 0.05) is 18.0 Å². The summed E-state index contributed by atoms with van der Waals surface area (Å²) in [6.07, 6.45) is 0. The van der Waals surface area contributed by atoms with E-state index in [-0.39, 0.29) is 16.6 Å². The molecule has 1 atom stereocenters. The highest BCUT2D eigenvalue weighted by Gasteiger charge is 2.30. The third-order valence-corrected chi connectivity index (χ3v) is 3.51. The van der Waals surface area contributed by atoms with E-state index in [1.165, 1.54) is 0 Å². The summed E-state index contributed by atoms with van der Waals surface area (Å²) in [4.78, 5) is 13.7. The van der Waals surface area contributed by atoms with Crippen LogP contribution in [-0.4, -0.2) is 30.3 Å². The van der Waals surface area contributed by atoms with E-state index < -0.39 is 0 Å². The highest BCUT2D eigenvalue weighted by molar-refractivity contribution is 5.81. The number of ketones is 1. The maximum absolute atomic E-state index is 11.4. The van der Waals surface area contributed by atoms with Crippen molar-refractivity contribution in [1.29, 1.82) is 0 Å². The molecule has 0 aliphatic carbocycles. The van der Waals surface area contributed by atoms with Gasteiger partial charge in [0.15, 0.2) is 0 Å². The van der Waals surface area contributed by atoms with Gasteiger partial charge in [-0.15, -0.1) is 0 Å². The van der Waals surface area contributed by atoms with Crippen LogP contribution in [0.3, 0.4) is 0 Å². The van der Waals surface area contributed by atoms with E-state index in [1.807, 2.05) is 13.8 Å². The van der Waals surface area contributed by atoms with E-state index in [0.717, 1.165) is 6.54 Å². The molecule has 0 heterocycles. The molecule has 0 spiro atoms. The molecular formula is C13H27NO. The second-order valence-corrected chi connectivity index (χ2v) is 6.40. The molecule has 0 bridgehead atoms. The van der Waals surface area contributed by atoms with Crippen LogP contribution in [0.1, 0.15) is 48.5 Å². The number of carbonyl (C=O) groups is 1. The van der Waals surface area contributed by atoms with Crippen LogP contribution in [0, 0.1) is 10.8 Å². The van der Waals surface area contributed by atoms with Crippen molar-refractivity contribution < 1.29 is 4.79 Å². The monoisotopic (exact) mass is 213 g/mol. The van der Waals surface area contributed by atoms with Gasteiger partial charge in [0.2, 0.25) is 0 Å². The Balaban J connectivity index is 4.50. The van der Waals surface area contributed by atoms with Gasteiger partial charge in [-0.25, -0.2) is 0 Å². The second-order valence-electron chi connectivity index (χ2n) is 6.40. The average molecular weight is 213 g/mol. The molecule has 0 amide bonds. The van der Waals surface area contributed by atoms with Gasteiger partial charge in [-0.05, 0) is 26.3 Å². The van der Waals surface area contributed by atoms with Gasteiger partial charge in [-0.2, -0.15) is 0 Å². The predicted molar refractivity (Wildman–Crippen MR) is 66.0 cm³/mol. The van der Waals surface area contributed by atoms with Crippen LogP contribution in [-0.2, 0) is 4.79 Å². The summed E-state index contributed by atoms with van der Waals surface area (Å²) in [5, 5.41) is 0. The lowest BCUT2D eigenvalue weighted by Gasteiger charge is -2.39. The molecule has 0 aromatic rings. The lowest BCUT2D eigenvalue weighted by atomic mass is 9.84. The molecule has 0 aliphatic rings. The zero-order chi connectivity index (χ0) is 12.4. The van der Waals surface area contributed by atoms with Crippen molar-refractivity contribution in [1.82, 2.24) is 4.90 Å². The lowest BCUT2D eigenvalue weighted by Crippen LogP contribution is -2.45. The van der Waals surface area contributed by atoms with Gasteiger partial charge in [0.25, 0.3) is 0 Å². The van der Waals surface area contributed by atoms with Crippen molar-refractivity contribution in [2.75, 3.05) is 13.6 Å². The molecule has 0 saturated heterocycles. The molecule has 2 nitrogen and oxygen atoms in total. The third kappa shape index (κ3) is 4.33. The molecule has 2 heteroatoms. The largest absolute Gasteiger partial charge is 0.302 e. The Morgan fingerprint density at radius 3 is 1.87 bits per heavy atom. The summed E-state index contributed by atoms with van der Waals surface area (Å²) in [7, 11) is 2.10. The normalized spacial score (nSPS) is 15.5. The van der Waals surface area contributed by atoms with Crippen LogP contribution in [0.15, 0.2) is 0 Å². The average Bonchev–Trinajstić information content (AvgIpc) is 2.00. The first-order valence-corrected chi connectivity index (χ1v) is 5.70. The first-order chi connectivity index (χ1) is 6.48. The minimum atomic E-state index is -0.242. The van der Waals surface area contributed by atoms with Crippen molar-refractivity contribution in [3.05, 3.63) is 0 Å². The predicted octanol–water partition coefficient (Wildman–Crippen LogP) is 2.97. The van der Waals surface area contributed by atoms with E-state index >= 15 is 0 Å². The fourth-order valence-electron chi connectivity index (χ4n) is 1.53. The number of carbonyl (C=O) groups excluding carboxylic acids is 1. The quantitative estimate of drug-likeness (QED) is 0.715. The summed E-state index contributed by atoms with van der Waals surface area (Å²) >= 11 is 0. The number of hydrogen-bond donors (Lipinski definition) is 0. The first kappa shape index (κ1) is 14.6. The maximum atomic E-state index is 11.4. The Bertz CT molecular complexity index is 225. The van der Waals surface area contributed by atoms with E-state index in [4.69, 9.17) is 0 Å². The maximum Gasteiger partial charge on any atom is 0.136 e. The van der Waals surface area contributed by atoms with E-state index in [2.05, 4.69) is 39.6 Å². The molecule has 0 saturated carbocycles. The molecule has 0 N–H and O–H groups in total. The zero-order valence-corrected chi connectivity index (χ0v) is 11.6. The number of Topliss-reactive ketones (excluding diaryl/α,β-unsaturated/α-hetero) is 1. The Kier molecular flexibility index (Phi) is 4.53. The van der Waals surface area contributed by atoms with E-state index in [0.29, 0.717) is 6.04 Å². The second kappa shape index (κ2) is 4.65. The Hall–Kier alpha value is -0.370. The van der Waals surface area contributed by atoms with Gasteiger partial charge >= 0.3 is 0 Å². The summed E-state index contributed by atoms with van der Waals surface area (Å²) < 4.78 is 0. The van der Waals surface area contributed by atoms with Gasteiger partial charge < -0.3 is 4.90 Å². The Morgan fingerprint density at radius 2 is 1.60 bits per heavy atom. The third-order valence-electron chi connectivity index (χ3n) is 3.51. The van der Waals surface area contributed by atoms with Crippen molar-refractivity contribution in [2.24, 2.45) is 10.8 Å². The van der Waals surface area contributed by atoms with Crippen LogP contribution in [0.25, 0.3) is 0 Å². The highest BCUT2D eigenvalue weighted by atomic mass is 16.1. The molecule has 15 heavy (non-hydrogen) atoms. The first-order valence-electron chi connectivity index (χ1n) is 5.70. The zero-order valence-electron chi connectivity index (χ0n) is 11.6. The van der Waals surface area contributed by atoms with Crippen LogP contribution in [0.4, 0.5) is 0 Å². The van der Waals surface area contributed by atoms with Crippen molar-refractivity contribution >= 4 is 5.78 Å². The minimum absolute atomic E-state index is 0.242. The Labute approximate surface area is 95.0 Å². The summed E-state index contributed by atoms with van der Waals surface area (Å²) in [6.45, 7) is 15.4. The molecule has 0 rings (SSSR count). The molecule has 0 aromatic carbocycles. The van der Waals surface area contributed by atoms with Crippen LogP contribution >= 0.6 is 0 Å². The van der Waals surface area contributed by atoms with Gasteiger partial charge in [-0.1, -0.05) is 34.6 Å². The van der Waals surface area contributed by atoms with Crippen LogP contribution in [0.5, 0.6) is 0 Å². The lowest BCUT2D eigenvalue weighted by molar-refractivity contribution is -0.126. The fraction of sp³-hybridized carbons (Fsp3) is 0.923. The highest BCUT2D eigenvalue weighted by Crippen LogP contribution is 2.26.